The van der Waals surface area contributed by atoms with E-state index in [0.717, 1.165) is 17.0 Å². The summed E-state index contributed by atoms with van der Waals surface area (Å²) in [6.07, 6.45) is 7.74. The van der Waals surface area contributed by atoms with Gasteiger partial charge in [0.1, 0.15) is 0 Å². The Hall–Kier alpha value is -2.35. The SMILES string of the molecule is C1=CC(=C(c2ccccc2)c2ccc[nH]2)N=C1. The Morgan fingerprint density at radius 2 is 1.88 bits per heavy atom. The third-order valence-corrected chi connectivity index (χ3v) is 2.74. The van der Waals surface area contributed by atoms with Crippen molar-refractivity contribution >= 4 is 11.8 Å². The molecule has 3 rings (SSSR count). The zero-order valence-electron chi connectivity index (χ0n) is 9.30. The standard InChI is InChI=1S/C15H12N2/c1-2-6-12(7-3-1)15(13-8-4-10-16-13)14-9-5-11-17-14/h1-11,16H. The van der Waals surface area contributed by atoms with Crippen LogP contribution in [0.1, 0.15) is 11.3 Å². The summed E-state index contributed by atoms with van der Waals surface area (Å²) in [5.74, 6) is 0. The number of hydrogen-bond acceptors (Lipinski definition) is 1. The summed E-state index contributed by atoms with van der Waals surface area (Å²) in [7, 11) is 0. The second kappa shape index (κ2) is 4.26. The third-order valence-electron chi connectivity index (χ3n) is 2.74. The summed E-state index contributed by atoms with van der Waals surface area (Å²) < 4.78 is 0. The van der Waals surface area contributed by atoms with Crippen LogP contribution >= 0.6 is 0 Å². The summed E-state index contributed by atoms with van der Waals surface area (Å²) in [6, 6.07) is 14.4. The van der Waals surface area contributed by atoms with E-state index in [9.17, 15) is 0 Å². The number of aromatic nitrogens is 1. The molecule has 0 atom stereocenters. The van der Waals surface area contributed by atoms with E-state index in [1.54, 1.807) is 0 Å². The largest absolute Gasteiger partial charge is 0.361 e. The average Bonchev–Trinajstić information content (AvgIpc) is 3.04. The molecule has 1 aliphatic rings. The quantitative estimate of drug-likeness (QED) is 0.803. The number of allylic oxidation sites excluding steroid dienone is 2. The van der Waals surface area contributed by atoms with E-state index in [0.29, 0.717) is 0 Å². The molecule has 2 aromatic rings. The highest BCUT2D eigenvalue weighted by Gasteiger charge is 2.11. The van der Waals surface area contributed by atoms with Gasteiger partial charge in [0.05, 0.1) is 5.70 Å². The van der Waals surface area contributed by atoms with Gasteiger partial charge in [-0.3, -0.25) is 4.99 Å². The van der Waals surface area contributed by atoms with Crippen molar-refractivity contribution in [2.75, 3.05) is 0 Å². The molecule has 0 saturated carbocycles. The van der Waals surface area contributed by atoms with Crippen molar-refractivity contribution in [3.63, 3.8) is 0 Å². The van der Waals surface area contributed by atoms with Gasteiger partial charge < -0.3 is 4.98 Å². The molecule has 0 aliphatic carbocycles. The first-order chi connectivity index (χ1) is 8.45. The number of aromatic amines is 1. The van der Waals surface area contributed by atoms with E-state index in [2.05, 4.69) is 28.2 Å². The molecule has 17 heavy (non-hydrogen) atoms. The van der Waals surface area contributed by atoms with Crippen molar-refractivity contribution in [3.8, 4) is 0 Å². The lowest BCUT2D eigenvalue weighted by atomic mass is 10.0. The van der Waals surface area contributed by atoms with Crippen LogP contribution in [0.2, 0.25) is 0 Å². The second-order valence-electron chi connectivity index (χ2n) is 3.85. The van der Waals surface area contributed by atoms with E-state index in [-0.39, 0.29) is 0 Å². The summed E-state index contributed by atoms with van der Waals surface area (Å²) in [5.41, 5.74) is 4.41. The Morgan fingerprint density at radius 1 is 1.00 bits per heavy atom. The number of H-pyrrole nitrogens is 1. The first-order valence-corrected chi connectivity index (χ1v) is 5.59. The lowest BCUT2D eigenvalue weighted by molar-refractivity contribution is 1.32. The molecule has 0 radical (unpaired) electrons. The van der Waals surface area contributed by atoms with E-state index in [1.807, 2.05) is 48.8 Å². The molecular weight excluding hydrogens is 208 g/mol. The van der Waals surface area contributed by atoms with Gasteiger partial charge in [-0.25, -0.2) is 0 Å². The molecule has 0 saturated heterocycles. The summed E-state index contributed by atoms with van der Waals surface area (Å²) in [4.78, 5) is 7.64. The fourth-order valence-electron chi connectivity index (χ4n) is 1.98. The van der Waals surface area contributed by atoms with Gasteiger partial charge in [0.15, 0.2) is 0 Å². The van der Waals surface area contributed by atoms with Crippen LogP contribution < -0.4 is 0 Å². The Kier molecular flexibility index (Phi) is 2.47. The van der Waals surface area contributed by atoms with Crippen LogP contribution in [-0.4, -0.2) is 11.2 Å². The van der Waals surface area contributed by atoms with Gasteiger partial charge in [-0.05, 0) is 29.8 Å². The highest BCUT2D eigenvalue weighted by molar-refractivity contribution is 5.88. The first kappa shape index (κ1) is 9.85. The minimum atomic E-state index is 0.999. The fraction of sp³-hybridized carbons (Fsp3) is 0. The molecular formula is C15H12N2. The lowest BCUT2D eigenvalue weighted by Crippen LogP contribution is -1.91. The molecule has 1 aromatic heterocycles. The monoisotopic (exact) mass is 220 g/mol. The molecule has 0 amide bonds. The number of hydrogen-bond donors (Lipinski definition) is 1. The van der Waals surface area contributed by atoms with E-state index >= 15 is 0 Å². The molecule has 82 valence electrons. The molecule has 0 unspecified atom stereocenters. The van der Waals surface area contributed by atoms with Crippen LogP contribution in [0.3, 0.4) is 0 Å². The highest BCUT2D eigenvalue weighted by Crippen LogP contribution is 2.28. The van der Waals surface area contributed by atoms with Crippen molar-refractivity contribution in [1.29, 1.82) is 0 Å². The number of rotatable bonds is 2. The minimum absolute atomic E-state index is 0.999. The maximum absolute atomic E-state index is 4.39. The van der Waals surface area contributed by atoms with Gasteiger partial charge in [0.25, 0.3) is 0 Å². The Morgan fingerprint density at radius 3 is 2.53 bits per heavy atom. The molecule has 0 bridgehead atoms. The number of nitrogens with one attached hydrogen (secondary N) is 1. The first-order valence-electron chi connectivity index (χ1n) is 5.59. The number of aliphatic imine (C=N–C) groups is 1. The molecule has 0 fully saturated rings. The van der Waals surface area contributed by atoms with Crippen LogP contribution in [-0.2, 0) is 0 Å². The third kappa shape index (κ3) is 1.85. The molecule has 1 aliphatic heterocycles. The predicted octanol–water partition coefficient (Wildman–Crippen LogP) is 3.41. The van der Waals surface area contributed by atoms with Gasteiger partial charge in [0.2, 0.25) is 0 Å². The topological polar surface area (TPSA) is 28.1 Å². The summed E-state index contributed by atoms with van der Waals surface area (Å²) in [6.45, 7) is 0. The Labute approximate surface area is 100 Å². The van der Waals surface area contributed by atoms with Crippen LogP contribution in [0.5, 0.6) is 0 Å². The summed E-state index contributed by atoms with van der Waals surface area (Å²) in [5, 5.41) is 0. The lowest BCUT2D eigenvalue weighted by Gasteiger charge is -2.07. The fourth-order valence-corrected chi connectivity index (χ4v) is 1.98. The maximum atomic E-state index is 4.39. The van der Waals surface area contributed by atoms with Crippen molar-refractivity contribution in [2.45, 2.75) is 0 Å². The smallest absolute Gasteiger partial charge is 0.0729 e. The van der Waals surface area contributed by atoms with Gasteiger partial charge >= 0.3 is 0 Å². The van der Waals surface area contributed by atoms with Crippen LogP contribution in [0.25, 0.3) is 5.57 Å². The van der Waals surface area contributed by atoms with Crippen LogP contribution in [0, 0.1) is 0 Å². The van der Waals surface area contributed by atoms with E-state index < -0.39 is 0 Å². The van der Waals surface area contributed by atoms with Crippen molar-refractivity contribution in [1.82, 2.24) is 4.98 Å². The molecule has 0 spiro atoms. The zero-order chi connectivity index (χ0) is 11.5. The molecule has 2 heteroatoms. The maximum Gasteiger partial charge on any atom is 0.0729 e. The van der Waals surface area contributed by atoms with Crippen molar-refractivity contribution in [3.05, 3.63) is 77.8 Å². The number of nitrogens with zero attached hydrogens (tertiary/aromatic N) is 1. The van der Waals surface area contributed by atoms with Gasteiger partial charge in [-0.15, -0.1) is 0 Å². The number of benzene rings is 1. The van der Waals surface area contributed by atoms with E-state index in [4.69, 9.17) is 0 Å². The van der Waals surface area contributed by atoms with Crippen molar-refractivity contribution < 1.29 is 0 Å². The predicted molar refractivity (Wildman–Crippen MR) is 70.9 cm³/mol. The Bertz CT molecular complexity index is 573. The van der Waals surface area contributed by atoms with E-state index in [1.165, 1.54) is 5.56 Å². The molecule has 2 heterocycles. The summed E-state index contributed by atoms with van der Waals surface area (Å²) >= 11 is 0. The van der Waals surface area contributed by atoms with Crippen LogP contribution in [0.4, 0.5) is 0 Å². The second-order valence-corrected chi connectivity index (χ2v) is 3.85. The van der Waals surface area contributed by atoms with Crippen LogP contribution in [0.15, 0.2) is 71.5 Å². The normalized spacial score (nSPS) is 16.5. The Balaban J connectivity index is 2.20. The molecule has 1 aromatic carbocycles. The minimum Gasteiger partial charge on any atom is -0.361 e. The molecule has 1 N–H and O–H groups in total. The highest BCUT2D eigenvalue weighted by atomic mass is 14.8. The van der Waals surface area contributed by atoms with Gasteiger partial charge in [-0.2, -0.15) is 0 Å². The average molecular weight is 220 g/mol. The molecule has 2 nitrogen and oxygen atoms in total. The van der Waals surface area contributed by atoms with Gasteiger partial charge in [-0.1, -0.05) is 30.3 Å². The van der Waals surface area contributed by atoms with Crippen molar-refractivity contribution in [2.24, 2.45) is 4.99 Å². The zero-order valence-corrected chi connectivity index (χ0v) is 9.30. The van der Waals surface area contributed by atoms with Gasteiger partial charge in [0, 0.05) is 23.7 Å².